The zero-order valence-electron chi connectivity index (χ0n) is 17.4. The molecule has 1 atom stereocenters. The van der Waals surface area contributed by atoms with Gasteiger partial charge in [-0.25, -0.2) is 9.59 Å². The van der Waals surface area contributed by atoms with Gasteiger partial charge in [-0.3, -0.25) is 0 Å². The normalized spacial score (nSPS) is 17.0. The van der Waals surface area contributed by atoms with E-state index < -0.39 is 5.97 Å². The van der Waals surface area contributed by atoms with Gasteiger partial charge in [0, 0.05) is 18.9 Å². The van der Waals surface area contributed by atoms with Gasteiger partial charge in [0.25, 0.3) is 0 Å². The van der Waals surface area contributed by atoms with E-state index in [9.17, 15) is 14.7 Å². The van der Waals surface area contributed by atoms with Crippen LogP contribution in [0.1, 0.15) is 33.8 Å². The Morgan fingerprint density at radius 3 is 2.22 bits per heavy atom. The minimum atomic E-state index is -1.04. The molecule has 1 heterocycles. The van der Waals surface area contributed by atoms with Crippen LogP contribution in [-0.4, -0.2) is 47.9 Å². The van der Waals surface area contributed by atoms with Gasteiger partial charge in [0.15, 0.2) is 0 Å². The SMILES string of the molecule is O=C(O)c1ccccc1OC1CCN(C(=O)OCC2c3ccccc3-c3ccccc32)C1. The quantitative estimate of drug-likeness (QED) is 0.631. The molecule has 1 unspecified atom stereocenters. The summed E-state index contributed by atoms with van der Waals surface area (Å²) in [5.74, 6) is -0.699. The van der Waals surface area contributed by atoms with E-state index in [1.165, 1.54) is 28.3 Å². The number of carboxylic acid groups (broad SMARTS) is 1. The average Bonchev–Trinajstić information content (AvgIpc) is 3.41. The maximum atomic E-state index is 12.8. The summed E-state index contributed by atoms with van der Waals surface area (Å²) >= 11 is 0. The molecule has 1 aliphatic carbocycles. The average molecular weight is 429 g/mol. The molecule has 3 aromatic rings. The molecule has 0 radical (unpaired) electrons. The number of carbonyl (C=O) groups is 2. The van der Waals surface area contributed by atoms with Crippen LogP contribution in [0.15, 0.2) is 72.8 Å². The number of amides is 1. The molecule has 6 nitrogen and oxygen atoms in total. The number of carboxylic acids is 1. The number of hydrogen-bond acceptors (Lipinski definition) is 4. The number of carbonyl (C=O) groups excluding carboxylic acids is 1. The molecule has 32 heavy (non-hydrogen) atoms. The molecule has 5 rings (SSSR count). The topological polar surface area (TPSA) is 76.1 Å². The molecule has 0 aromatic heterocycles. The Morgan fingerprint density at radius 2 is 1.53 bits per heavy atom. The first-order valence-electron chi connectivity index (χ1n) is 10.7. The number of fused-ring (bicyclic) bond motifs is 3. The number of nitrogens with zero attached hydrogens (tertiary/aromatic N) is 1. The lowest BCUT2D eigenvalue weighted by Crippen LogP contribution is -2.32. The second-order valence-corrected chi connectivity index (χ2v) is 8.08. The predicted molar refractivity (Wildman–Crippen MR) is 119 cm³/mol. The van der Waals surface area contributed by atoms with Crippen molar-refractivity contribution < 1.29 is 24.2 Å². The summed E-state index contributed by atoms with van der Waals surface area (Å²) < 4.78 is 11.6. The molecule has 162 valence electrons. The van der Waals surface area contributed by atoms with Gasteiger partial charge in [0.05, 0.1) is 6.54 Å². The highest BCUT2D eigenvalue weighted by molar-refractivity contribution is 5.90. The van der Waals surface area contributed by atoms with Gasteiger partial charge >= 0.3 is 12.1 Å². The van der Waals surface area contributed by atoms with E-state index in [4.69, 9.17) is 9.47 Å². The summed E-state index contributed by atoms with van der Waals surface area (Å²) in [5.41, 5.74) is 4.85. The van der Waals surface area contributed by atoms with E-state index in [1.807, 2.05) is 24.3 Å². The molecule has 1 N–H and O–H groups in total. The van der Waals surface area contributed by atoms with Crippen LogP contribution in [0, 0.1) is 0 Å². The summed E-state index contributed by atoms with van der Waals surface area (Å²) in [5, 5.41) is 9.33. The van der Waals surface area contributed by atoms with Gasteiger partial charge in [-0.2, -0.15) is 0 Å². The number of hydrogen-bond donors (Lipinski definition) is 1. The molecule has 2 aliphatic rings. The number of para-hydroxylation sites is 1. The van der Waals surface area contributed by atoms with Gasteiger partial charge in [-0.05, 0) is 34.4 Å². The Bertz CT molecular complexity index is 1130. The number of aromatic carboxylic acids is 1. The van der Waals surface area contributed by atoms with Crippen molar-refractivity contribution in [3.05, 3.63) is 89.5 Å². The van der Waals surface area contributed by atoms with Crippen LogP contribution in [0.4, 0.5) is 4.79 Å². The summed E-state index contributed by atoms with van der Waals surface area (Å²) in [7, 11) is 0. The molecular formula is C26H23NO5. The van der Waals surface area contributed by atoms with Gasteiger partial charge in [0.1, 0.15) is 24.0 Å². The molecule has 0 bridgehead atoms. The van der Waals surface area contributed by atoms with E-state index in [0.717, 1.165) is 0 Å². The molecule has 0 saturated carbocycles. The number of rotatable bonds is 5. The fourth-order valence-corrected chi connectivity index (χ4v) is 4.60. The van der Waals surface area contributed by atoms with Crippen molar-refractivity contribution in [2.45, 2.75) is 18.4 Å². The number of ether oxygens (including phenoxy) is 2. The summed E-state index contributed by atoms with van der Waals surface area (Å²) in [6.45, 7) is 1.15. The van der Waals surface area contributed by atoms with Crippen LogP contribution in [-0.2, 0) is 4.74 Å². The van der Waals surface area contributed by atoms with Crippen molar-refractivity contribution >= 4 is 12.1 Å². The van der Waals surface area contributed by atoms with Crippen LogP contribution in [0.3, 0.4) is 0 Å². The first-order valence-corrected chi connectivity index (χ1v) is 10.7. The zero-order valence-corrected chi connectivity index (χ0v) is 17.4. The first-order chi connectivity index (χ1) is 15.6. The molecule has 3 aromatic carbocycles. The third kappa shape index (κ3) is 3.68. The summed E-state index contributed by atoms with van der Waals surface area (Å²) in [4.78, 5) is 25.8. The number of benzene rings is 3. The van der Waals surface area contributed by atoms with E-state index >= 15 is 0 Å². The Hall–Kier alpha value is -3.80. The van der Waals surface area contributed by atoms with E-state index in [1.54, 1.807) is 23.1 Å². The minimum absolute atomic E-state index is 0.0171. The first kappa shape index (κ1) is 20.1. The smallest absolute Gasteiger partial charge is 0.409 e. The van der Waals surface area contributed by atoms with E-state index in [2.05, 4.69) is 24.3 Å². The number of likely N-dealkylation sites (tertiary alicyclic amines) is 1. The molecule has 1 saturated heterocycles. The van der Waals surface area contributed by atoms with Crippen LogP contribution in [0.25, 0.3) is 11.1 Å². The molecule has 0 spiro atoms. The van der Waals surface area contributed by atoms with Gasteiger partial charge in [-0.1, -0.05) is 60.7 Å². The Balaban J connectivity index is 1.22. The largest absolute Gasteiger partial charge is 0.488 e. The van der Waals surface area contributed by atoms with Crippen molar-refractivity contribution in [1.82, 2.24) is 4.90 Å². The second-order valence-electron chi connectivity index (χ2n) is 8.08. The van der Waals surface area contributed by atoms with Crippen molar-refractivity contribution in [2.75, 3.05) is 19.7 Å². The molecule has 6 heteroatoms. The van der Waals surface area contributed by atoms with Crippen molar-refractivity contribution in [1.29, 1.82) is 0 Å². The van der Waals surface area contributed by atoms with Crippen LogP contribution in [0.2, 0.25) is 0 Å². The Kier molecular flexibility index (Phi) is 5.27. The van der Waals surface area contributed by atoms with Crippen molar-refractivity contribution in [3.8, 4) is 16.9 Å². The molecular weight excluding hydrogens is 406 g/mol. The van der Waals surface area contributed by atoms with E-state index in [-0.39, 0.29) is 30.3 Å². The van der Waals surface area contributed by atoms with Gasteiger partial charge in [-0.15, -0.1) is 0 Å². The molecule has 1 aliphatic heterocycles. The minimum Gasteiger partial charge on any atom is -0.488 e. The van der Waals surface area contributed by atoms with Crippen molar-refractivity contribution in [2.24, 2.45) is 0 Å². The lowest BCUT2D eigenvalue weighted by molar-refractivity contribution is 0.0687. The predicted octanol–water partition coefficient (Wildman–Crippen LogP) is 4.79. The highest BCUT2D eigenvalue weighted by Gasteiger charge is 2.32. The van der Waals surface area contributed by atoms with Crippen LogP contribution >= 0.6 is 0 Å². The fraction of sp³-hybridized carbons (Fsp3) is 0.231. The maximum Gasteiger partial charge on any atom is 0.409 e. The van der Waals surface area contributed by atoms with Crippen LogP contribution < -0.4 is 4.74 Å². The lowest BCUT2D eigenvalue weighted by atomic mass is 9.98. The molecule has 1 amide bonds. The third-order valence-electron chi connectivity index (χ3n) is 6.15. The monoisotopic (exact) mass is 429 g/mol. The van der Waals surface area contributed by atoms with Gasteiger partial charge < -0.3 is 19.5 Å². The van der Waals surface area contributed by atoms with Crippen LogP contribution in [0.5, 0.6) is 5.75 Å². The molecule has 1 fully saturated rings. The highest BCUT2D eigenvalue weighted by Crippen LogP contribution is 2.44. The fourth-order valence-electron chi connectivity index (χ4n) is 4.60. The summed E-state index contributed by atoms with van der Waals surface area (Å²) in [6, 6.07) is 23.0. The Morgan fingerprint density at radius 1 is 0.906 bits per heavy atom. The Labute approximate surface area is 186 Å². The standard InChI is InChI=1S/C26H23NO5/c28-25(29)22-11-5-6-12-24(22)32-17-13-14-27(15-17)26(30)31-16-23-20-9-3-1-7-18(20)19-8-2-4-10-21(19)23/h1-12,17,23H,13-16H2,(H,28,29). The van der Waals surface area contributed by atoms with Gasteiger partial charge in [0.2, 0.25) is 0 Å². The highest BCUT2D eigenvalue weighted by atomic mass is 16.6. The van der Waals surface area contributed by atoms with E-state index in [0.29, 0.717) is 25.3 Å². The third-order valence-corrected chi connectivity index (χ3v) is 6.15. The lowest BCUT2D eigenvalue weighted by Gasteiger charge is -2.20. The zero-order chi connectivity index (χ0) is 22.1. The maximum absolute atomic E-state index is 12.8. The second kappa shape index (κ2) is 8.38. The summed E-state index contributed by atoms with van der Waals surface area (Å²) in [6.07, 6.45) is -0.0153. The van der Waals surface area contributed by atoms with Crippen molar-refractivity contribution in [3.63, 3.8) is 0 Å².